The molecule has 1 unspecified atom stereocenters. The topological polar surface area (TPSA) is 57.5 Å². The third-order valence-electron chi connectivity index (χ3n) is 4.96. The zero-order chi connectivity index (χ0) is 17.8. The van der Waals surface area contributed by atoms with E-state index in [1.165, 1.54) is 0 Å². The Bertz CT molecular complexity index is 628. The van der Waals surface area contributed by atoms with E-state index in [9.17, 15) is 14.7 Å². The molecule has 0 spiro atoms. The lowest BCUT2D eigenvalue weighted by Gasteiger charge is -2.42. The van der Waals surface area contributed by atoms with E-state index < -0.39 is 25.2 Å². The summed E-state index contributed by atoms with van der Waals surface area (Å²) in [6, 6.07) is 19.4. The standard InChI is InChI=1S/C20H26O3Si/c1-4-16(19(21)22)15-20(2,3)24(23,17-11-7-5-8-12-17)18-13-9-6-10-14-18/h5-14,16,23H,4,15H2,1-3H3,(H,21,22). The van der Waals surface area contributed by atoms with Crippen molar-refractivity contribution in [3.8, 4) is 0 Å². The highest BCUT2D eigenvalue weighted by Crippen LogP contribution is 2.42. The van der Waals surface area contributed by atoms with Gasteiger partial charge in [-0.1, -0.05) is 81.4 Å². The molecule has 2 rings (SSSR count). The van der Waals surface area contributed by atoms with Gasteiger partial charge >= 0.3 is 5.97 Å². The Balaban J connectivity index is 2.56. The minimum atomic E-state index is -3.12. The minimum absolute atomic E-state index is 0.450. The summed E-state index contributed by atoms with van der Waals surface area (Å²) < 4.78 is 0. The van der Waals surface area contributed by atoms with Crippen LogP contribution in [0.25, 0.3) is 0 Å². The molecule has 0 amide bonds. The van der Waals surface area contributed by atoms with Gasteiger partial charge in [0.05, 0.1) is 5.92 Å². The molecule has 0 saturated heterocycles. The van der Waals surface area contributed by atoms with Gasteiger partial charge in [-0.3, -0.25) is 4.79 Å². The molecule has 3 nitrogen and oxygen atoms in total. The number of hydrogen-bond donors (Lipinski definition) is 2. The Morgan fingerprint density at radius 2 is 1.42 bits per heavy atom. The largest absolute Gasteiger partial charge is 0.481 e. The van der Waals surface area contributed by atoms with Crippen molar-refractivity contribution in [3.63, 3.8) is 0 Å². The molecular formula is C20H26O3Si. The van der Waals surface area contributed by atoms with Gasteiger partial charge in [-0.05, 0) is 28.3 Å². The second-order valence-corrected chi connectivity index (χ2v) is 10.9. The quantitative estimate of drug-likeness (QED) is 0.761. The van der Waals surface area contributed by atoms with Gasteiger partial charge in [-0.2, -0.15) is 0 Å². The monoisotopic (exact) mass is 342 g/mol. The zero-order valence-corrected chi connectivity index (χ0v) is 15.6. The van der Waals surface area contributed by atoms with Crippen molar-refractivity contribution >= 4 is 24.7 Å². The molecule has 0 saturated carbocycles. The maximum Gasteiger partial charge on any atom is 0.306 e. The number of hydrogen-bond acceptors (Lipinski definition) is 2. The molecule has 0 aliphatic heterocycles. The van der Waals surface area contributed by atoms with Crippen LogP contribution in [0.2, 0.25) is 5.04 Å². The summed E-state index contributed by atoms with van der Waals surface area (Å²) in [5, 5.41) is 10.8. The van der Waals surface area contributed by atoms with E-state index >= 15 is 0 Å². The van der Waals surface area contributed by atoms with Crippen LogP contribution in [0.3, 0.4) is 0 Å². The third kappa shape index (κ3) is 3.45. The molecule has 1 atom stereocenters. The Morgan fingerprint density at radius 3 is 1.75 bits per heavy atom. The van der Waals surface area contributed by atoms with Crippen molar-refractivity contribution in [2.75, 3.05) is 0 Å². The van der Waals surface area contributed by atoms with E-state index in [1.807, 2.05) is 81.4 Å². The summed E-state index contributed by atoms with van der Waals surface area (Å²) in [5.74, 6) is -1.24. The Hall–Kier alpha value is -1.91. The van der Waals surface area contributed by atoms with Gasteiger partial charge in [0, 0.05) is 0 Å². The first kappa shape index (κ1) is 18.4. The molecule has 2 aromatic carbocycles. The fraction of sp³-hybridized carbons (Fsp3) is 0.350. The van der Waals surface area contributed by atoms with E-state index in [2.05, 4.69) is 0 Å². The fourth-order valence-electron chi connectivity index (χ4n) is 3.48. The lowest BCUT2D eigenvalue weighted by Crippen LogP contribution is -2.65. The van der Waals surface area contributed by atoms with Crippen molar-refractivity contribution in [3.05, 3.63) is 60.7 Å². The summed E-state index contributed by atoms with van der Waals surface area (Å²) in [5.41, 5.74) is 0. The second kappa shape index (κ2) is 7.32. The lowest BCUT2D eigenvalue weighted by atomic mass is 9.94. The first-order chi connectivity index (χ1) is 11.3. The van der Waals surface area contributed by atoms with Crippen LogP contribution < -0.4 is 10.4 Å². The number of aliphatic carboxylic acids is 1. The average Bonchev–Trinajstić information content (AvgIpc) is 2.60. The number of carbonyl (C=O) groups is 1. The summed E-state index contributed by atoms with van der Waals surface area (Å²) >= 11 is 0. The third-order valence-corrected chi connectivity index (χ3v) is 9.46. The fourth-order valence-corrected chi connectivity index (χ4v) is 7.26. The predicted octanol–water partition coefficient (Wildman–Crippen LogP) is 3.02. The smallest absolute Gasteiger partial charge is 0.306 e. The van der Waals surface area contributed by atoms with Gasteiger partial charge in [0.25, 0.3) is 8.32 Å². The van der Waals surface area contributed by atoms with Crippen molar-refractivity contribution in [1.82, 2.24) is 0 Å². The number of benzene rings is 2. The molecule has 0 fully saturated rings. The SMILES string of the molecule is CCC(CC(C)(C)[Si](O)(c1ccccc1)c1ccccc1)C(=O)O. The Labute approximate surface area is 145 Å². The highest BCUT2D eigenvalue weighted by molar-refractivity contribution is 6.98. The van der Waals surface area contributed by atoms with Crippen LogP contribution in [0.1, 0.15) is 33.6 Å². The van der Waals surface area contributed by atoms with Crippen molar-refractivity contribution in [2.24, 2.45) is 5.92 Å². The van der Waals surface area contributed by atoms with Gasteiger partial charge in [0.15, 0.2) is 0 Å². The van der Waals surface area contributed by atoms with E-state index in [0.29, 0.717) is 12.8 Å². The van der Waals surface area contributed by atoms with Gasteiger partial charge in [-0.25, -0.2) is 0 Å². The molecule has 0 aliphatic rings. The first-order valence-electron chi connectivity index (χ1n) is 8.39. The molecule has 24 heavy (non-hydrogen) atoms. The average molecular weight is 343 g/mol. The van der Waals surface area contributed by atoms with Crippen LogP contribution >= 0.6 is 0 Å². The number of carboxylic acids is 1. The molecule has 2 aromatic rings. The van der Waals surface area contributed by atoms with Crippen molar-refractivity contribution < 1.29 is 14.7 Å². The Kier molecular flexibility index (Phi) is 5.62. The van der Waals surface area contributed by atoms with E-state index in [0.717, 1.165) is 10.4 Å². The van der Waals surface area contributed by atoms with Gasteiger partial charge < -0.3 is 9.90 Å². The molecule has 0 heterocycles. The van der Waals surface area contributed by atoms with E-state index in [1.54, 1.807) is 0 Å². The maximum atomic E-state index is 12.0. The highest BCUT2D eigenvalue weighted by Gasteiger charge is 2.51. The van der Waals surface area contributed by atoms with Crippen LogP contribution in [0.4, 0.5) is 0 Å². The molecule has 128 valence electrons. The van der Waals surface area contributed by atoms with Crippen LogP contribution in [0.15, 0.2) is 60.7 Å². The van der Waals surface area contributed by atoms with E-state index in [-0.39, 0.29) is 0 Å². The zero-order valence-electron chi connectivity index (χ0n) is 14.6. The van der Waals surface area contributed by atoms with Crippen LogP contribution in [-0.2, 0) is 4.79 Å². The lowest BCUT2D eigenvalue weighted by molar-refractivity contribution is -0.142. The van der Waals surface area contributed by atoms with Crippen molar-refractivity contribution in [2.45, 2.75) is 38.7 Å². The predicted molar refractivity (Wildman–Crippen MR) is 100 cm³/mol. The Morgan fingerprint density at radius 1 is 1.00 bits per heavy atom. The first-order valence-corrected chi connectivity index (χ1v) is 10.3. The highest BCUT2D eigenvalue weighted by atomic mass is 28.4. The molecule has 2 N–H and O–H groups in total. The van der Waals surface area contributed by atoms with Gasteiger partial charge in [0.1, 0.15) is 0 Å². The molecule has 0 bridgehead atoms. The number of rotatable bonds is 7. The van der Waals surface area contributed by atoms with E-state index in [4.69, 9.17) is 0 Å². The second-order valence-electron chi connectivity index (χ2n) is 6.97. The summed E-state index contributed by atoms with van der Waals surface area (Å²) in [6.07, 6.45) is 1.01. The minimum Gasteiger partial charge on any atom is -0.481 e. The van der Waals surface area contributed by atoms with Crippen LogP contribution in [-0.4, -0.2) is 24.2 Å². The molecule has 4 heteroatoms. The summed E-state index contributed by atoms with van der Waals surface area (Å²) in [6.45, 7) is 5.90. The molecule has 0 aromatic heterocycles. The number of carboxylic acid groups (broad SMARTS) is 1. The molecular weight excluding hydrogens is 316 g/mol. The molecule has 0 radical (unpaired) electrons. The van der Waals surface area contributed by atoms with Crippen LogP contribution in [0, 0.1) is 5.92 Å². The summed E-state index contributed by atoms with van der Waals surface area (Å²) in [4.78, 5) is 23.5. The summed E-state index contributed by atoms with van der Waals surface area (Å²) in [7, 11) is -3.12. The normalized spacial score (nSPS) is 13.5. The van der Waals surface area contributed by atoms with Gasteiger partial charge in [-0.15, -0.1) is 0 Å². The van der Waals surface area contributed by atoms with Crippen LogP contribution in [0.5, 0.6) is 0 Å². The maximum absolute atomic E-state index is 12.0. The molecule has 0 aliphatic carbocycles. The van der Waals surface area contributed by atoms with Crippen molar-refractivity contribution in [1.29, 1.82) is 0 Å². The van der Waals surface area contributed by atoms with Gasteiger partial charge in [0.2, 0.25) is 0 Å².